The summed E-state index contributed by atoms with van der Waals surface area (Å²) >= 11 is 0. The molecule has 0 aromatic heterocycles. The molecule has 0 rings (SSSR count). The van der Waals surface area contributed by atoms with Crippen LogP contribution in [0.4, 0.5) is 0 Å². The largest absolute Gasteiger partial charge is 0.338 e. The number of hydrogen-bond acceptors (Lipinski definition) is 1. The van der Waals surface area contributed by atoms with E-state index in [4.69, 9.17) is 0 Å². The highest BCUT2D eigenvalue weighted by molar-refractivity contribution is 5.76. The van der Waals surface area contributed by atoms with Gasteiger partial charge in [-0.3, -0.25) is 4.79 Å². The van der Waals surface area contributed by atoms with Crippen molar-refractivity contribution in [1.29, 1.82) is 0 Å². The Balaban J connectivity index is 4.13. The highest BCUT2D eigenvalue weighted by atomic mass is 16.2. The van der Waals surface area contributed by atoms with Gasteiger partial charge in [0.25, 0.3) is 0 Å². The minimum absolute atomic E-state index is 0.258. The molecule has 77 valence electrons. The summed E-state index contributed by atoms with van der Waals surface area (Å²) in [6.07, 6.45) is 2.38. The van der Waals surface area contributed by atoms with Crippen LogP contribution < -0.4 is 0 Å². The summed E-state index contributed by atoms with van der Waals surface area (Å²) in [5, 5.41) is 0. The molecule has 0 aromatic carbocycles. The molecule has 0 aromatic rings. The van der Waals surface area contributed by atoms with E-state index in [9.17, 15) is 4.79 Å². The molecule has 13 heavy (non-hydrogen) atoms. The molecule has 0 atom stereocenters. The summed E-state index contributed by atoms with van der Waals surface area (Å²) in [6, 6.07) is 0.606. The number of hydrogen-bond donors (Lipinski definition) is 0. The molecule has 0 aliphatic heterocycles. The third-order valence-corrected chi connectivity index (χ3v) is 2.04. The Morgan fingerprint density at radius 2 is 1.69 bits per heavy atom. The first-order valence-corrected chi connectivity index (χ1v) is 5.11. The van der Waals surface area contributed by atoms with Crippen LogP contribution in [0.1, 0.15) is 47.0 Å². The predicted molar refractivity (Wildman–Crippen MR) is 56.3 cm³/mol. The van der Waals surface area contributed by atoms with Gasteiger partial charge in [0.05, 0.1) is 0 Å². The van der Waals surface area contributed by atoms with Crippen molar-refractivity contribution in [3.63, 3.8) is 0 Å². The van der Waals surface area contributed by atoms with E-state index in [-0.39, 0.29) is 5.91 Å². The molecule has 0 bridgehead atoms. The van der Waals surface area contributed by atoms with Crippen molar-refractivity contribution in [1.82, 2.24) is 4.90 Å². The minimum atomic E-state index is 0.258. The van der Waals surface area contributed by atoms with Gasteiger partial charge in [-0.1, -0.05) is 13.3 Å². The Morgan fingerprint density at radius 3 is 2.00 bits per heavy atom. The van der Waals surface area contributed by atoms with Crippen LogP contribution in [0.25, 0.3) is 0 Å². The average Bonchev–Trinajstić information content (AvgIpc) is 1.99. The minimum Gasteiger partial charge on any atom is -0.338 e. The fourth-order valence-electron chi connectivity index (χ4n) is 1.58. The van der Waals surface area contributed by atoms with Gasteiger partial charge < -0.3 is 4.90 Å². The molecular weight excluding hydrogens is 162 g/mol. The van der Waals surface area contributed by atoms with Crippen molar-refractivity contribution in [2.45, 2.75) is 59.0 Å². The Hall–Kier alpha value is -0.530. The third kappa shape index (κ3) is 4.30. The zero-order chi connectivity index (χ0) is 10.4. The Labute approximate surface area is 82.3 Å². The van der Waals surface area contributed by atoms with Crippen LogP contribution in [-0.4, -0.2) is 22.9 Å². The number of amides is 1. The van der Waals surface area contributed by atoms with E-state index in [0.717, 1.165) is 12.8 Å². The first kappa shape index (κ1) is 12.5. The molecule has 0 saturated carbocycles. The molecule has 0 aliphatic carbocycles. The van der Waals surface area contributed by atoms with Gasteiger partial charge in [0.2, 0.25) is 5.91 Å². The Bertz CT molecular complexity index is 144. The van der Waals surface area contributed by atoms with Gasteiger partial charge in [-0.15, -0.1) is 0 Å². The van der Waals surface area contributed by atoms with Crippen molar-refractivity contribution in [2.75, 3.05) is 0 Å². The maximum absolute atomic E-state index is 11.7. The lowest BCUT2D eigenvalue weighted by molar-refractivity contribution is -0.134. The molecule has 0 fully saturated rings. The second-order valence-electron chi connectivity index (χ2n) is 3.95. The number of carbonyl (C=O) groups excluding carboxylic acids is 1. The zero-order valence-corrected chi connectivity index (χ0v) is 9.34. The van der Waals surface area contributed by atoms with Gasteiger partial charge in [0.15, 0.2) is 0 Å². The fraction of sp³-hybridized carbons (Fsp3) is 0.818. The number of unbranched alkanes of at least 4 members (excludes halogenated alkanes) is 1. The van der Waals surface area contributed by atoms with Crippen molar-refractivity contribution < 1.29 is 4.79 Å². The lowest BCUT2D eigenvalue weighted by Gasteiger charge is -2.30. The molecule has 2 heteroatoms. The molecule has 0 saturated heterocycles. The zero-order valence-electron chi connectivity index (χ0n) is 9.34. The van der Waals surface area contributed by atoms with Gasteiger partial charge in [0, 0.05) is 18.5 Å². The van der Waals surface area contributed by atoms with E-state index in [1.807, 2.05) is 4.90 Å². The number of carbonyl (C=O) groups is 1. The van der Waals surface area contributed by atoms with Crippen molar-refractivity contribution in [2.24, 2.45) is 0 Å². The summed E-state index contributed by atoms with van der Waals surface area (Å²) in [4.78, 5) is 13.6. The lowest BCUT2D eigenvalue weighted by atomic mass is 10.1. The lowest BCUT2D eigenvalue weighted by Crippen LogP contribution is -2.41. The molecule has 0 unspecified atom stereocenters. The maximum atomic E-state index is 11.7. The summed E-state index contributed by atoms with van der Waals surface area (Å²) in [5.41, 5.74) is 0. The van der Waals surface area contributed by atoms with E-state index in [0.29, 0.717) is 18.5 Å². The smallest absolute Gasteiger partial charge is 0.223 e. The molecule has 1 radical (unpaired) electrons. The van der Waals surface area contributed by atoms with Crippen LogP contribution in [-0.2, 0) is 4.79 Å². The van der Waals surface area contributed by atoms with E-state index in [1.54, 1.807) is 0 Å². The molecule has 0 heterocycles. The standard InChI is InChI=1S/C11H22NO/c1-6-7-8-11(13)12(9(2)3)10(4)5/h9-10H,1,6-8H2,2-5H3. The second kappa shape index (κ2) is 6.01. The number of nitrogens with zero attached hydrogens (tertiary/aromatic N) is 1. The third-order valence-electron chi connectivity index (χ3n) is 2.04. The second-order valence-corrected chi connectivity index (χ2v) is 3.95. The van der Waals surface area contributed by atoms with E-state index < -0.39 is 0 Å². The maximum Gasteiger partial charge on any atom is 0.223 e. The molecule has 0 N–H and O–H groups in total. The van der Waals surface area contributed by atoms with Crippen LogP contribution >= 0.6 is 0 Å². The van der Waals surface area contributed by atoms with Crippen LogP contribution in [0.5, 0.6) is 0 Å². The first-order chi connectivity index (χ1) is 6.00. The van der Waals surface area contributed by atoms with Crippen molar-refractivity contribution in [3.8, 4) is 0 Å². The normalized spacial score (nSPS) is 11.0. The van der Waals surface area contributed by atoms with Crippen LogP contribution in [0.2, 0.25) is 0 Å². The quantitative estimate of drug-likeness (QED) is 0.643. The summed E-state index contributed by atoms with van der Waals surface area (Å²) < 4.78 is 0. The van der Waals surface area contributed by atoms with E-state index in [2.05, 4.69) is 34.6 Å². The predicted octanol–water partition coefficient (Wildman–Crippen LogP) is 2.64. The van der Waals surface area contributed by atoms with Gasteiger partial charge >= 0.3 is 0 Å². The van der Waals surface area contributed by atoms with Gasteiger partial charge in [-0.2, -0.15) is 0 Å². The summed E-state index contributed by atoms with van der Waals surface area (Å²) in [7, 11) is 0. The Kier molecular flexibility index (Phi) is 5.76. The highest BCUT2D eigenvalue weighted by Gasteiger charge is 2.18. The van der Waals surface area contributed by atoms with E-state index in [1.165, 1.54) is 0 Å². The average molecular weight is 184 g/mol. The topological polar surface area (TPSA) is 20.3 Å². The summed E-state index contributed by atoms with van der Waals surface area (Å²) in [5.74, 6) is 0.258. The van der Waals surface area contributed by atoms with Gasteiger partial charge in [0.1, 0.15) is 0 Å². The monoisotopic (exact) mass is 184 g/mol. The SMILES string of the molecule is [CH2]CCCC(=O)N(C(C)C)C(C)C. The molecule has 0 aliphatic rings. The molecule has 2 nitrogen and oxygen atoms in total. The van der Waals surface area contributed by atoms with Crippen LogP contribution in [0.15, 0.2) is 0 Å². The van der Waals surface area contributed by atoms with E-state index >= 15 is 0 Å². The van der Waals surface area contributed by atoms with Crippen molar-refractivity contribution in [3.05, 3.63) is 6.92 Å². The fourth-order valence-corrected chi connectivity index (χ4v) is 1.58. The number of rotatable bonds is 5. The van der Waals surface area contributed by atoms with Crippen LogP contribution in [0, 0.1) is 6.92 Å². The van der Waals surface area contributed by atoms with Crippen LogP contribution in [0.3, 0.4) is 0 Å². The van der Waals surface area contributed by atoms with Gasteiger partial charge in [-0.05, 0) is 34.1 Å². The highest BCUT2D eigenvalue weighted by Crippen LogP contribution is 2.09. The van der Waals surface area contributed by atoms with Gasteiger partial charge in [-0.25, -0.2) is 0 Å². The molecular formula is C11H22NO. The summed E-state index contributed by atoms with van der Waals surface area (Å²) in [6.45, 7) is 12.0. The Morgan fingerprint density at radius 1 is 1.23 bits per heavy atom. The molecule has 1 amide bonds. The van der Waals surface area contributed by atoms with Crippen molar-refractivity contribution >= 4 is 5.91 Å². The molecule has 0 spiro atoms. The first-order valence-electron chi connectivity index (χ1n) is 5.11.